The molecule has 1 aromatic heterocycles. The molecule has 4 nitrogen and oxygen atoms in total. The Labute approximate surface area is 82.6 Å². The summed E-state index contributed by atoms with van der Waals surface area (Å²) in [4.78, 5) is 0. The van der Waals surface area contributed by atoms with E-state index in [1.54, 1.807) is 4.68 Å². The van der Waals surface area contributed by atoms with Gasteiger partial charge in [-0.05, 0) is 29.8 Å². The van der Waals surface area contributed by atoms with Crippen molar-refractivity contribution in [3.8, 4) is 11.4 Å². The molecular formula is C10H12N4. The summed E-state index contributed by atoms with van der Waals surface area (Å²) in [5.41, 5.74) is 3.53. The Morgan fingerprint density at radius 1 is 1.21 bits per heavy atom. The second-order valence-electron chi connectivity index (χ2n) is 3.44. The van der Waals surface area contributed by atoms with Crippen molar-refractivity contribution in [3.05, 3.63) is 29.3 Å². The summed E-state index contributed by atoms with van der Waals surface area (Å²) in [6.07, 6.45) is 0. The molecule has 0 aliphatic heterocycles. The summed E-state index contributed by atoms with van der Waals surface area (Å²) in [5, 5.41) is 11.4. The number of tetrazole rings is 1. The van der Waals surface area contributed by atoms with Crippen LogP contribution in [-0.2, 0) is 7.05 Å². The Bertz CT molecular complexity index is 459. The molecule has 0 atom stereocenters. The average Bonchev–Trinajstić information content (AvgIpc) is 2.52. The Hall–Kier alpha value is -1.71. The highest BCUT2D eigenvalue weighted by atomic mass is 15.5. The summed E-state index contributed by atoms with van der Waals surface area (Å²) in [6, 6.07) is 6.25. The van der Waals surface area contributed by atoms with Gasteiger partial charge in [0.25, 0.3) is 0 Å². The van der Waals surface area contributed by atoms with Crippen LogP contribution in [0.25, 0.3) is 11.4 Å². The lowest BCUT2D eigenvalue weighted by Crippen LogP contribution is -1.96. The van der Waals surface area contributed by atoms with Crippen molar-refractivity contribution in [1.82, 2.24) is 20.2 Å². The normalized spacial score (nSPS) is 10.5. The SMILES string of the molecule is Cc1ccc(-c2nnnn2C)c(C)c1. The van der Waals surface area contributed by atoms with Crippen molar-refractivity contribution in [1.29, 1.82) is 0 Å². The van der Waals surface area contributed by atoms with E-state index in [1.165, 1.54) is 11.1 Å². The maximum absolute atomic E-state index is 3.98. The van der Waals surface area contributed by atoms with Crippen LogP contribution in [0.2, 0.25) is 0 Å². The standard InChI is InChI=1S/C10H12N4/c1-7-4-5-9(8(2)6-7)10-11-12-13-14(10)3/h4-6H,1-3H3. The molecule has 0 saturated carbocycles. The van der Waals surface area contributed by atoms with Gasteiger partial charge in [-0.3, -0.25) is 0 Å². The molecule has 2 aromatic rings. The van der Waals surface area contributed by atoms with Crippen molar-refractivity contribution in [3.63, 3.8) is 0 Å². The van der Waals surface area contributed by atoms with Crippen LogP contribution in [0.15, 0.2) is 18.2 Å². The molecule has 0 radical (unpaired) electrons. The molecule has 0 unspecified atom stereocenters. The zero-order chi connectivity index (χ0) is 10.1. The molecule has 0 aliphatic carbocycles. The fraction of sp³-hybridized carbons (Fsp3) is 0.300. The zero-order valence-electron chi connectivity index (χ0n) is 8.52. The summed E-state index contributed by atoms with van der Waals surface area (Å²) in [6.45, 7) is 4.14. The average molecular weight is 188 g/mol. The monoisotopic (exact) mass is 188 g/mol. The molecule has 1 aromatic carbocycles. The fourth-order valence-corrected chi connectivity index (χ4v) is 1.52. The smallest absolute Gasteiger partial charge is 0.182 e. The first kappa shape index (κ1) is 8.87. The third-order valence-corrected chi connectivity index (χ3v) is 2.24. The van der Waals surface area contributed by atoms with E-state index in [1.807, 2.05) is 7.05 Å². The second kappa shape index (κ2) is 3.21. The van der Waals surface area contributed by atoms with E-state index in [4.69, 9.17) is 0 Å². The molecule has 0 spiro atoms. The lowest BCUT2D eigenvalue weighted by atomic mass is 10.1. The molecule has 14 heavy (non-hydrogen) atoms. The first-order valence-corrected chi connectivity index (χ1v) is 4.48. The predicted octanol–water partition coefficient (Wildman–Crippen LogP) is 1.49. The molecule has 0 bridgehead atoms. The number of benzene rings is 1. The predicted molar refractivity (Wildman–Crippen MR) is 53.7 cm³/mol. The van der Waals surface area contributed by atoms with Crippen LogP contribution in [-0.4, -0.2) is 20.2 Å². The molecule has 0 fully saturated rings. The molecule has 4 heteroatoms. The highest BCUT2D eigenvalue weighted by Gasteiger charge is 2.07. The molecule has 1 heterocycles. The minimum absolute atomic E-state index is 0.808. The van der Waals surface area contributed by atoms with E-state index in [2.05, 4.69) is 47.6 Å². The number of aryl methyl sites for hydroxylation is 3. The van der Waals surface area contributed by atoms with Gasteiger partial charge >= 0.3 is 0 Å². The van der Waals surface area contributed by atoms with E-state index >= 15 is 0 Å². The van der Waals surface area contributed by atoms with Gasteiger partial charge in [0.05, 0.1) is 0 Å². The summed E-state index contributed by atoms with van der Waals surface area (Å²) in [7, 11) is 1.84. The van der Waals surface area contributed by atoms with Gasteiger partial charge < -0.3 is 0 Å². The number of hydrogen-bond acceptors (Lipinski definition) is 3. The van der Waals surface area contributed by atoms with Crippen molar-refractivity contribution >= 4 is 0 Å². The second-order valence-corrected chi connectivity index (χ2v) is 3.44. The van der Waals surface area contributed by atoms with E-state index < -0.39 is 0 Å². The third kappa shape index (κ3) is 1.39. The lowest BCUT2D eigenvalue weighted by Gasteiger charge is -2.04. The first-order valence-electron chi connectivity index (χ1n) is 4.48. The minimum atomic E-state index is 0.808. The highest BCUT2D eigenvalue weighted by Crippen LogP contribution is 2.20. The van der Waals surface area contributed by atoms with Crippen LogP contribution in [0, 0.1) is 13.8 Å². The quantitative estimate of drug-likeness (QED) is 0.681. The van der Waals surface area contributed by atoms with Crippen LogP contribution in [0.3, 0.4) is 0 Å². The van der Waals surface area contributed by atoms with Gasteiger partial charge in [-0.1, -0.05) is 23.8 Å². The topological polar surface area (TPSA) is 43.6 Å². The highest BCUT2D eigenvalue weighted by molar-refractivity contribution is 5.60. The Morgan fingerprint density at radius 2 is 2.00 bits per heavy atom. The van der Waals surface area contributed by atoms with Gasteiger partial charge in [-0.2, -0.15) is 0 Å². The van der Waals surface area contributed by atoms with Gasteiger partial charge in [0.1, 0.15) is 0 Å². The van der Waals surface area contributed by atoms with Gasteiger partial charge in [0.2, 0.25) is 0 Å². The molecular weight excluding hydrogens is 176 g/mol. The van der Waals surface area contributed by atoms with Crippen molar-refractivity contribution in [2.75, 3.05) is 0 Å². The number of rotatable bonds is 1. The number of hydrogen-bond donors (Lipinski definition) is 0. The van der Waals surface area contributed by atoms with E-state index in [9.17, 15) is 0 Å². The summed E-state index contributed by atoms with van der Waals surface area (Å²) >= 11 is 0. The van der Waals surface area contributed by atoms with Crippen molar-refractivity contribution in [2.24, 2.45) is 7.05 Å². The number of aromatic nitrogens is 4. The van der Waals surface area contributed by atoms with Gasteiger partial charge in [-0.15, -0.1) is 5.10 Å². The van der Waals surface area contributed by atoms with Gasteiger partial charge in [-0.25, -0.2) is 4.68 Å². The van der Waals surface area contributed by atoms with E-state index in [0.717, 1.165) is 11.4 Å². The van der Waals surface area contributed by atoms with Gasteiger partial charge in [0.15, 0.2) is 5.82 Å². The van der Waals surface area contributed by atoms with Crippen molar-refractivity contribution in [2.45, 2.75) is 13.8 Å². The summed E-state index contributed by atoms with van der Waals surface area (Å²) < 4.78 is 1.68. The molecule has 2 rings (SSSR count). The summed E-state index contributed by atoms with van der Waals surface area (Å²) in [5.74, 6) is 0.808. The van der Waals surface area contributed by atoms with E-state index in [0.29, 0.717) is 0 Å². The molecule has 0 saturated heterocycles. The van der Waals surface area contributed by atoms with Gasteiger partial charge in [0, 0.05) is 12.6 Å². The molecule has 0 N–H and O–H groups in total. The molecule has 72 valence electrons. The van der Waals surface area contributed by atoms with E-state index in [-0.39, 0.29) is 0 Å². The van der Waals surface area contributed by atoms with Crippen LogP contribution in [0.4, 0.5) is 0 Å². The maximum atomic E-state index is 3.98. The fourth-order valence-electron chi connectivity index (χ4n) is 1.52. The van der Waals surface area contributed by atoms with Crippen LogP contribution >= 0.6 is 0 Å². The maximum Gasteiger partial charge on any atom is 0.182 e. The zero-order valence-corrected chi connectivity index (χ0v) is 8.52. The minimum Gasteiger partial charge on any atom is -0.229 e. The largest absolute Gasteiger partial charge is 0.229 e. The molecule has 0 amide bonds. The lowest BCUT2D eigenvalue weighted by molar-refractivity contribution is 0.714. The Kier molecular flexibility index (Phi) is 2.04. The molecule has 0 aliphatic rings. The number of nitrogens with zero attached hydrogens (tertiary/aromatic N) is 4. The van der Waals surface area contributed by atoms with Crippen LogP contribution in [0.1, 0.15) is 11.1 Å². The van der Waals surface area contributed by atoms with Crippen LogP contribution in [0.5, 0.6) is 0 Å². The Morgan fingerprint density at radius 3 is 2.57 bits per heavy atom. The Balaban J connectivity index is 2.58. The van der Waals surface area contributed by atoms with Crippen molar-refractivity contribution < 1.29 is 0 Å². The third-order valence-electron chi connectivity index (χ3n) is 2.24. The first-order chi connectivity index (χ1) is 6.68. The van der Waals surface area contributed by atoms with Crippen LogP contribution < -0.4 is 0 Å².